The molecule has 0 aromatic heterocycles. The normalized spacial score (nSPS) is 16.2. The Morgan fingerprint density at radius 2 is 1.92 bits per heavy atom. The zero-order valence-corrected chi connectivity index (χ0v) is 7.26. The Balaban J connectivity index is 3.02. The van der Waals surface area contributed by atoms with E-state index in [0.29, 0.717) is 0 Å². The van der Waals surface area contributed by atoms with Gasteiger partial charge in [0.1, 0.15) is 0 Å². The lowest BCUT2D eigenvalue weighted by atomic mass is 10.2. The number of benzene rings is 1. The van der Waals surface area contributed by atoms with E-state index in [1.807, 2.05) is 0 Å². The molecular weight excluding hydrogens is 176 g/mol. The van der Waals surface area contributed by atoms with Crippen LogP contribution in [0.25, 0.3) is 0 Å². The van der Waals surface area contributed by atoms with E-state index in [1.54, 1.807) is 19.1 Å². The van der Waals surface area contributed by atoms with Gasteiger partial charge in [0.05, 0.1) is 16.0 Å². The Morgan fingerprint density at radius 3 is 2.42 bits per heavy atom. The Bertz CT molecular complexity index is 433. The lowest BCUT2D eigenvalue weighted by Crippen LogP contribution is -2.02. The zero-order valence-electron chi connectivity index (χ0n) is 9.44. The maximum Gasteiger partial charge on any atom is 0.296 e. The van der Waals surface area contributed by atoms with Crippen molar-refractivity contribution in [2.45, 2.75) is 11.8 Å². The molecule has 1 rings (SSSR count). The molecule has 0 spiro atoms. The summed E-state index contributed by atoms with van der Waals surface area (Å²) in [5.41, 5.74) is 0.878. The van der Waals surface area contributed by atoms with Crippen molar-refractivity contribution < 1.29 is 16.7 Å². The van der Waals surface area contributed by atoms with Gasteiger partial charge in [-0.1, -0.05) is 17.7 Å². The van der Waals surface area contributed by atoms with Crippen LogP contribution in [0, 0.1) is 6.92 Å². The molecule has 0 aliphatic rings. The third kappa shape index (κ3) is 1.84. The van der Waals surface area contributed by atoms with Crippen molar-refractivity contribution in [1.29, 1.82) is 0 Å². The van der Waals surface area contributed by atoms with E-state index in [9.17, 15) is 8.42 Å². The second-order valence-corrected chi connectivity index (χ2v) is 3.90. The second kappa shape index (κ2) is 3.25. The third-order valence-electron chi connectivity index (χ3n) is 1.42. The smallest absolute Gasteiger partial charge is 0.270 e. The van der Waals surface area contributed by atoms with Crippen molar-refractivity contribution in [3.8, 4) is 0 Å². The largest absolute Gasteiger partial charge is 0.296 e. The van der Waals surface area contributed by atoms with Crippen molar-refractivity contribution in [2.24, 2.45) is 0 Å². The van der Waals surface area contributed by atoms with Crippen LogP contribution < -0.4 is 0 Å². The first kappa shape index (κ1) is 5.72. The van der Waals surface area contributed by atoms with Crippen molar-refractivity contribution >= 4 is 10.1 Å². The molecule has 0 heterocycles. The maximum absolute atomic E-state index is 11.4. The van der Waals surface area contributed by atoms with Gasteiger partial charge >= 0.3 is 0 Å². The number of hydrogen-bond donors (Lipinski definition) is 0. The lowest BCUT2D eigenvalue weighted by molar-refractivity contribution is 0.398. The molecule has 3 nitrogen and oxygen atoms in total. The van der Waals surface area contributed by atoms with Gasteiger partial charge in [-0.2, -0.15) is 8.42 Å². The van der Waals surface area contributed by atoms with Gasteiger partial charge in [-0.15, -0.1) is 0 Å². The standard InChI is InChI=1S/C8H10O3S/c1-7-3-5-8(6-4-7)12(9,10)11-2/h3-6H,1-2H3/i2D3. The highest BCUT2D eigenvalue weighted by atomic mass is 32.2. The van der Waals surface area contributed by atoms with Gasteiger partial charge in [0.25, 0.3) is 10.1 Å². The predicted octanol–water partition coefficient (Wildman–Crippen LogP) is 1.33. The van der Waals surface area contributed by atoms with Crippen molar-refractivity contribution in [3.63, 3.8) is 0 Å². The molecular formula is C8H10O3S. The lowest BCUT2D eigenvalue weighted by Gasteiger charge is -2.00. The highest BCUT2D eigenvalue weighted by molar-refractivity contribution is 7.86. The van der Waals surface area contributed by atoms with Gasteiger partial charge in [0.2, 0.25) is 0 Å². The Labute approximate surface area is 76.3 Å². The summed E-state index contributed by atoms with van der Waals surface area (Å²) in [6.07, 6.45) is 0. The summed E-state index contributed by atoms with van der Waals surface area (Å²) in [4.78, 5) is -0.163. The predicted molar refractivity (Wildman–Crippen MR) is 45.4 cm³/mol. The zero-order chi connectivity index (χ0) is 11.7. The van der Waals surface area contributed by atoms with Gasteiger partial charge in [-0.05, 0) is 19.1 Å². The first-order valence-corrected chi connectivity index (χ1v) is 4.64. The molecule has 0 radical (unpaired) electrons. The molecule has 0 amide bonds. The average Bonchev–Trinajstić information content (AvgIpc) is 2.00. The molecule has 4 heteroatoms. The van der Waals surface area contributed by atoms with E-state index >= 15 is 0 Å². The Kier molecular flexibility index (Phi) is 1.55. The summed E-state index contributed by atoms with van der Waals surface area (Å²) in [7, 11) is -7.15. The van der Waals surface area contributed by atoms with Crippen molar-refractivity contribution in [1.82, 2.24) is 0 Å². The topological polar surface area (TPSA) is 43.4 Å². The summed E-state index contributed by atoms with van der Waals surface area (Å²) in [6, 6.07) is 5.73. The van der Waals surface area contributed by atoms with E-state index in [2.05, 4.69) is 4.18 Å². The number of hydrogen-bond acceptors (Lipinski definition) is 3. The SMILES string of the molecule is [2H]C([2H])([2H])OS(=O)(=O)c1ccc(C)cc1. The molecule has 0 saturated heterocycles. The molecule has 66 valence electrons. The van der Waals surface area contributed by atoms with Crippen LogP contribution in [0.3, 0.4) is 0 Å². The number of rotatable bonds is 2. The monoisotopic (exact) mass is 189 g/mol. The van der Waals surface area contributed by atoms with Gasteiger partial charge in [0.15, 0.2) is 0 Å². The minimum absolute atomic E-state index is 0.163. The highest BCUT2D eigenvalue weighted by Crippen LogP contribution is 2.11. The summed E-state index contributed by atoms with van der Waals surface area (Å²) in [6.45, 7) is 1.79. The molecule has 12 heavy (non-hydrogen) atoms. The quantitative estimate of drug-likeness (QED) is 0.659. The van der Waals surface area contributed by atoms with Crippen LogP contribution in [-0.2, 0) is 14.3 Å². The van der Waals surface area contributed by atoms with Crippen molar-refractivity contribution in [2.75, 3.05) is 7.04 Å². The molecule has 0 aliphatic heterocycles. The Hall–Kier alpha value is -0.870. The van der Waals surface area contributed by atoms with Gasteiger partial charge < -0.3 is 0 Å². The van der Waals surface area contributed by atoms with Gasteiger partial charge in [-0.25, -0.2) is 0 Å². The number of aryl methyl sites for hydroxylation is 1. The minimum atomic E-state index is -4.20. The van der Waals surface area contributed by atoms with Gasteiger partial charge in [-0.3, -0.25) is 4.18 Å². The molecule has 0 saturated carbocycles. The first-order valence-electron chi connectivity index (χ1n) is 4.73. The second-order valence-electron chi connectivity index (χ2n) is 2.35. The van der Waals surface area contributed by atoms with Crippen LogP contribution in [0.4, 0.5) is 0 Å². The van der Waals surface area contributed by atoms with E-state index in [-0.39, 0.29) is 4.90 Å². The van der Waals surface area contributed by atoms with E-state index in [1.165, 1.54) is 12.1 Å². The van der Waals surface area contributed by atoms with Crippen LogP contribution in [0.15, 0.2) is 29.2 Å². The molecule has 0 fully saturated rings. The highest BCUT2D eigenvalue weighted by Gasteiger charge is 2.10. The summed E-state index contributed by atoms with van der Waals surface area (Å²) in [5, 5.41) is 0. The molecule has 0 aliphatic carbocycles. The molecule has 1 aromatic carbocycles. The third-order valence-corrected chi connectivity index (χ3v) is 2.49. The van der Waals surface area contributed by atoms with Crippen molar-refractivity contribution in [3.05, 3.63) is 29.8 Å². The summed E-state index contributed by atoms with van der Waals surface area (Å²) < 4.78 is 46.9. The van der Waals surface area contributed by atoms with Crippen LogP contribution in [0.2, 0.25) is 0 Å². The van der Waals surface area contributed by atoms with Crippen LogP contribution in [0.5, 0.6) is 0 Å². The molecule has 1 aromatic rings. The van der Waals surface area contributed by atoms with Gasteiger partial charge in [0, 0.05) is 0 Å². The average molecular weight is 189 g/mol. The molecule has 0 bridgehead atoms. The van der Waals surface area contributed by atoms with Crippen LogP contribution >= 0.6 is 0 Å². The molecule has 0 atom stereocenters. The van der Waals surface area contributed by atoms with Crippen LogP contribution in [0.1, 0.15) is 9.68 Å². The van der Waals surface area contributed by atoms with Crippen LogP contribution in [-0.4, -0.2) is 15.5 Å². The fraction of sp³-hybridized carbons (Fsp3) is 0.250. The summed E-state index contributed by atoms with van der Waals surface area (Å²) >= 11 is 0. The fourth-order valence-electron chi connectivity index (χ4n) is 0.753. The minimum Gasteiger partial charge on any atom is -0.270 e. The Morgan fingerprint density at radius 1 is 1.33 bits per heavy atom. The molecule has 0 unspecified atom stereocenters. The summed E-state index contributed by atoms with van der Waals surface area (Å²) in [5.74, 6) is 0. The van der Waals surface area contributed by atoms with E-state index < -0.39 is 17.2 Å². The first-order chi connectivity index (χ1) is 6.71. The van der Waals surface area contributed by atoms with E-state index in [4.69, 9.17) is 4.11 Å². The fourth-order valence-corrected chi connectivity index (χ4v) is 1.32. The molecule has 0 N–H and O–H groups in total. The van der Waals surface area contributed by atoms with E-state index in [0.717, 1.165) is 5.56 Å². The maximum atomic E-state index is 11.4.